The van der Waals surface area contributed by atoms with E-state index in [2.05, 4.69) is 59.9 Å². The van der Waals surface area contributed by atoms with E-state index in [-0.39, 0.29) is 5.91 Å². The van der Waals surface area contributed by atoms with Crippen LogP contribution in [-0.4, -0.2) is 22.2 Å². The number of para-hydroxylation sites is 1. The molecule has 4 heteroatoms. The molecule has 2 nitrogen and oxygen atoms in total. The van der Waals surface area contributed by atoms with Gasteiger partial charge in [-0.1, -0.05) is 73.5 Å². The molecule has 1 fully saturated rings. The summed E-state index contributed by atoms with van der Waals surface area (Å²) in [5.74, 6) is 0.618. The minimum atomic E-state index is 0.104. The predicted molar refractivity (Wildman–Crippen MR) is 141 cm³/mol. The normalized spacial score (nSPS) is 18.3. The van der Waals surface area contributed by atoms with E-state index < -0.39 is 0 Å². The predicted octanol–water partition coefficient (Wildman–Crippen LogP) is 7.75. The summed E-state index contributed by atoms with van der Waals surface area (Å²) in [6, 6.07) is 25.6. The molecule has 0 radical (unpaired) electrons. The molecule has 1 aliphatic carbocycles. The third-order valence-electron chi connectivity index (χ3n) is 6.04. The number of carbonyl (C=O) groups excluding carboxylic acids is 1. The molecule has 1 amide bonds. The number of aryl methyl sites for hydroxylation is 2. The number of nitrogens with one attached hydrogen (secondary N) is 1. The Kier molecular flexibility index (Phi) is 7.99. The van der Waals surface area contributed by atoms with Crippen LogP contribution in [0.2, 0.25) is 0 Å². The summed E-state index contributed by atoms with van der Waals surface area (Å²) in [5, 5.41) is 4.20. The van der Waals surface area contributed by atoms with Crippen LogP contribution in [0.1, 0.15) is 36.8 Å². The summed E-state index contributed by atoms with van der Waals surface area (Å²) in [4.78, 5) is 14.0. The second kappa shape index (κ2) is 11.1. The lowest BCUT2D eigenvalue weighted by atomic mass is 10.00. The summed E-state index contributed by atoms with van der Waals surface area (Å²) in [6.07, 6.45) is 4.95. The van der Waals surface area contributed by atoms with Gasteiger partial charge in [-0.05, 0) is 61.1 Å². The van der Waals surface area contributed by atoms with E-state index in [1.54, 1.807) is 0 Å². The molecule has 32 heavy (non-hydrogen) atoms. The smallest absolute Gasteiger partial charge is 0.234 e. The topological polar surface area (TPSA) is 29.1 Å². The zero-order valence-electron chi connectivity index (χ0n) is 18.8. The number of hydrogen-bond donors (Lipinski definition) is 1. The number of hydrogen-bond acceptors (Lipinski definition) is 3. The lowest BCUT2D eigenvalue weighted by Gasteiger charge is -2.30. The monoisotopic (exact) mass is 461 g/mol. The fraction of sp³-hybridized carbons (Fsp3) is 0.321. The van der Waals surface area contributed by atoms with Crippen molar-refractivity contribution >= 4 is 35.1 Å². The molecule has 2 atom stereocenters. The van der Waals surface area contributed by atoms with Crippen LogP contribution in [0.4, 0.5) is 5.69 Å². The van der Waals surface area contributed by atoms with Crippen molar-refractivity contribution in [3.8, 4) is 11.1 Å². The highest BCUT2D eigenvalue weighted by Crippen LogP contribution is 2.40. The molecule has 4 rings (SSSR count). The summed E-state index contributed by atoms with van der Waals surface area (Å²) in [5.41, 5.74) is 5.72. The zero-order chi connectivity index (χ0) is 22.3. The maximum atomic E-state index is 12.7. The number of rotatable bonds is 7. The first-order valence-electron chi connectivity index (χ1n) is 11.4. The average Bonchev–Trinajstić information content (AvgIpc) is 2.82. The van der Waals surface area contributed by atoms with E-state index in [0.717, 1.165) is 16.8 Å². The molecule has 0 bridgehead atoms. The Hall–Kier alpha value is -2.17. The molecule has 3 aromatic carbocycles. The van der Waals surface area contributed by atoms with Crippen molar-refractivity contribution < 1.29 is 4.79 Å². The summed E-state index contributed by atoms with van der Waals surface area (Å²) in [6.45, 7) is 4.10. The molecule has 0 saturated heterocycles. The lowest BCUT2D eigenvalue weighted by Crippen LogP contribution is -2.27. The van der Waals surface area contributed by atoms with Crippen LogP contribution in [0.3, 0.4) is 0 Å². The van der Waals surface area contributed by atoms with Crippen LogP contribution in [0.25, 0.3) is 11.1 Å². The molecule has 0 spiro atoms. The van der Waals surface area contributed by atoms with Crippen molar-refractivity contribution in [3.63, 3.8) is 0 Å². The van der Waals surface area contributed by atoms with Gasteiger partial charge in [0.2, 0.25) is 5.91 Å². The number of carbonyl (C=O) groups is 1. The van der Waals surface area contributed by atoms with Gasteiger partial charge >= 0.3 is 0 Å². The Morgan fingerprint density at radius 3 is 2.25 bits per heavy atom. The van der Waals surface area contributed by atoms with Crippen molar-refractivity contribution in [1.82, 2.24) is 0 Å². The molecular formula is C28H31NOS2. The first-order valence-corrected chi connectivity index (χ1v) is 13.3. The first kappa shape index (κ1) is 23.0. The number of amides is 1. The van der Waals surface area contributed by atoms with Crippen LogP contribution in [0, 0.1) is 13.8 Å². The van der Waals surface area contributed by atoms with Gasteiger partial charge < -0.3 is 5.32 Å². The average molecular weight is 462 g/mol. The molecule has 0 heterocycles. The molecular weight excluding hydrogens is 430 g/mol. The second-order valence-corrected chi connectivity index (χ2v) is 11.0. The third kappa shape index (κ3) is 5.99. The quantitative estimate of drug-likeness (QED) is 0.390. The Labute approximate surface area is 200 Å². The van der Waals surface area contributed by atoms with E-state index in [9.17, 15) is 4.79 Å². The van der Waals surface area contributed by atoms with Crippen LogP contribution < -0.4 is 5.32 Å². The highest BCUT2D eigenvalue weighted by atomic mass is 32.2. The molecule has 1 saturated carbocycles. The largest absolute Gasteiger partial charge is 0.325 e. The standard InChI is InChI=1S/C28H31NOS2/c1-20-10-8-11-21(2)28(20)29-27(30)19-31-25-16-6-7-17-26(25)32-24-15-9-14-23(18-24)22-12-4-3-5-13-22/h3-5,8-15,18,25-26H,6-7,16-17,19H2,1-2H3,(H,29,30)/t25-,26-/m1/s1. The van der Waals surface area contributed by atoms with Crippen LogP contribution in [0.5, 0.6) is 0 Å². The Morgan fingerprint density at radius 2 is 1.50 bits per heavy atom. The van der Waals surface area contributed by atoms with Crippen molar-refractivity contribution in [2.24, 2.45) is 0 Å². The fourth-order valence-electron chi connectivity index (χ4n) is 4.31. The second-order valence-electron chi connectivity index (χ2n) is 8.50. The highest BCUT2D eigenvalue weighted by molar-refractivity contribution is 8.04. The molecule has 0 aromatic heterocycles. The van der Waals surface area contributed by atoms with E-state index >= 15 is 0 Å². The van der Waals surface area contributed by atoms with E-state index in [0.29, 0.717) is 16.3 Å². The van der Waals surface area contributed by atoms with Gasteiger partial charge in [-0.25, -0.2) is 0 Å². The molecule has 3 aromatic rings. The fourth-order valence-corrected chi connectivity index (χ4v) is 7.11. The van der Waals surface area contributed by atoms with Gasteiger partial charge in [-0.15, -0.1) is 23.5 Å². The number of thioether (sulfide) groups is 2. The van der Waals surface area contributed by atoms with Gasteiger partial charge in [0.15, 0.2) is 0 Å². The summed E-state index contributed by atoms with van der Waals surface area (Å²) in [7, 11) is 0. The molecule has 0 unspecified atom stereocenters. The van der Waals surface area contributed by atoms with Gasteiger partial charge in [0, 0.05) is 21.1 Å². The molecule has 1 aliphatic rings. The number of benzene rings is 3. The van der Waals surface area contributed by atoms with Crippen molar-refractivity contribution in [2.75, 3.05) is 11.1 Å². The zero-order valence-corrected chi connectivity index (χ0v) is 20.5. The molecule has 166 valence electrons. The van der Waals surface area contributed by atoms with Gasteiger partial charge in [0.25, 0.3) is 0 Å². The third-order valence-corrected chi connectivity index (χ3v) is 9.03. The van der Waals surface area contributed by atoms with Gasteiger partial charge in [-0.2, -0.15) is 0 Å². The van der Waals surface area contributed by atoms with Gasteiger partial charge in [-0.3, -0.25) is 4.79 Å². The van der Waals surface area contributed by atoms with Gasteiger partial charge in [0.1, 0.15) is 0 Å². The lowest BCUT2D eigenvalue weighted by molar-refractivity contribution is -0.113. The van der Waals surface area contributed by atoms with Crippen LogP contribution in [-0.2, 0) is 4.79 Å². The van der Waals surface area contributed by atoms with Crippen molar-refractivity contribution in [2.45, 2.75) is 54.9 Å². The van der Waals surface area contributed by atoms with Gasteiger partial charge in [0.05, 0.1) is 5.75 Å². The van der Waals surface area contributed by atoms with E-state index in [1.165, 1.54) is 41.7 Å². The Balaban J connectivity index is 1.38. The SMILES string of the molecule is Cc1cccc(C)c1NC(=O)CS[C@@H]1CCCC[C@H]1Sc1cccc(-c2ccccc2)c1. The summed E-state index contributed by atoms with van der Waals surface area (Å²) < 4.78 is 0. The minimum absolute atomic E-state index is 0.104. The van der Waals surface area contributed by atoms with E-state index in [1.807, 2.05) is 55.6 Å². The van der Waals surface area contributed by atoms with Crippen LogP contribution in [0.15, 0.2) is 77.7 Å². The Bertz CT molecular complexity index is 1030. The summed E-state index contributed by atoms with van der Waals surface area (Å²) >= 11 is 3.82. The maximum absolute atomic E-state index is 12.7. The molecule has 1 N–H and O–H groups in total. The maximum Gasteiger partial charge on any atom is 0.234 e. The highest BCUT2D eigenvalue weighted by Gasteiger charge is 2.27. The van der Waals surface area contributed by atoms with E-state index in [4.69, 9.17) is 0 Å². The van der Waals surface area contributed by atoms with Crippen molar-refractivity contribution in [1.29, 1.82) is 0 Å². The van der Waals surface area contributed by atoms with Crippen LogP contribution >= 0.6 is 23.5 Å². The number of anilines is 1. The molecule has 0 aliphatic heterocycles. The Morgan fingerprint density at radius 1 is 0.844 bits per heavy atom. The van der Waals surface area contributed by atoms with Crippen molar-refractivity contribution in [3.05, 3.63) is 83.9 Å². The first-order chi connectivity index (χ1) is 15.6. The minimum Gasteiger partial charge on any atom is -0.325 e.